The SMILES string of the molecule is CCOc1cc(C=NNC(=O)Cc2nnc(NC(=O)c3ccccc3)s2)cc(Cl)c1OCc1ccccc1Cl. The minimum atomic E-state index is -0.404. The number of hydrogen-bond acceptors (Lipinski definition) is 8. The molecule has 2 amide bonds. The van der Waals surface area contributed by atoms with Gasteiger partial charge in [-0.15, -0.1) is 10.2 Å². The Labute approximate surface area is 238 Å². The number of hydrogen-bond donors (Lipinski definition) is 2. The van der Waals surface area contributed by atoms with Crippen LogP contribution in [0.3, 0.4) is 0 Å². The molecule has 0 saturated carbocycles. The smallest absolute Gasteiger partial charge is 0.257 e. The number of carbonyl (C=O) groups excluding carboxylic acids is 2. The molecule has 0 atom stereocenters. The van der Waals surface area contributed by atoms with Gasteiger partial charge in [0.15, 0.2) is 11.5 Å². The number of hydrazone groups is 1. The van der Waals surface area contributed by atoms with Gasteiger partial charge in [-0.2, -0.15) is 5.10 Å². The van der Waals surface area contributed by atoms with Crippen LogP contribution in [0.25, 0.3) is 0 Å². The van der Waals surface area contributed by atoms with Gasteiger partial charge in [-0.25, -0.2) is 5.43 Å². The summed E-state index contributed by atoms with van der Waals surface area (Å²) in [7, 11) is 0. The zero-order valence-electron chi connectivity index (χ0n) is 20.7. The molecule has 0 bridgehead atoms. The van der Waals surface area contributed by atoms with Crippen LogP contribution in [0.15, 0.2) is 71.8 Å². The van der Waals surface area contributed by atoms with Gasteiger partial charge in [0.2, 0.25) is 11.0 Å². The molecule has 39 heavy (non-hydrogen) atoms. The summed E-state index contributed by atoms with van der Waals surface area (Å²) >= 11 is 13.8. The van der Waals surface area contributed by atoms with Crippen LogP contribution in [-0.2, 0) is 17.8 Å². The van der Waals surface area contributed by atoms with Crippen molar-refractivity contribution in [2.45, 2.75) is 20.0 Å². The average molecular weight is 584 g/mol. The first-order valence-corrected chi connectivity index (χ1v) is 13.3. The number of ether oxygens (including phenoxy) is 2. The Morgan fingerprint density at radius 3 is 2.54 bits per heavy atom. The summed E-state index contributed by atoms with van der Waals surface area (Å²) in [6.45, 7) is 2.46. The zero-order valence-corrected chi connectivity index (χ0v) is 23.0. The Bertz CT molecular complexity index is 1480. The van der Waals surface area contributed by atoms with Gasteiger partial charge in [0.1, 0.15) is 11.6 Å². The lowest BCUT2D eigenvalue weighted by Crippen LogP contribution is -2.19. The second-order valence-corrected chi connectivity index (χ2v) is 9.81. The molecule has 0 aliphatic heterocycles. The molecule has 4 aromatic rings. The van der Waals surface area contributed by atoms with E-state index in [2.05, 4.69) is 26.0 Å². The number of carbonyl (C=O) groups is 2. The number of rotatable bonds is 11. The highest BCUT2D eigenvalue weighted by Gasteiger charge is 2.14. The lowest BCUT2D eigenvalue weighted by atomic mass is 10.2. The Morgan fingerprint density at radius 1 is 1.00 bits per heavy atom. The largest absolute Gasteiger partial charge is 0.490 e. The minimum Gasteiger partial charge on any atom is -0.490 e. The number of nitrogens with one attached hydrogen (secondary N) is 2. The van der Waals surface area contributed by atoms with Crippen molar-refractivity contribution in [3.05, 3.63) is 98.5 Å². The fourth-order valence-electron chi connectivity index (χ4n) is 3.32. The molecule has 0 radical (unpaired) electrons. The summed E-state index contributed by atoms with van der Waals surface area (Å²) in [6, 6.07) is 19.4. The molecule has 0 fully saturated rings. The first kappa shape index (κ1) is 28.0. The van der Waals surface area contributed by atoms with E-state index in [1.165, 1.54) is 6.21 Å². The summed E-state index contributed by atoms with van der Waals surface area (Å²) in [4.78, 5) is 24.6. The van der Waals surface area contributed by atoms with Crippen LogP contribution >= 0.6 is 34.5 Å². The predicted octanol–water partition coefficient (Wildman–Crippen LogP) is 5.77. The van der Waals surface area contributed by atoms with Crippen molar-refractivity contribution in [3.8, 4) is 11.5 Å². The number of benzene rings is 3. The summed E-state index contributed by atoms with van der Waals surface area (Å²) in [5, 5.41) is 16.2. The number of amides is 2. The fraction of sp³-hybridized carbons (Fsp3) is 0.148. The van der Waals surface area contributed by atoms with Crippen molar-refractivity contribution in [2.75, 3.05) is 11.9 Å². The molecule has 4 rings (SSSR count). The summed E-state index contributed by atoms with van der Waals surface area (Å²) in [5.41, 5.74) is 4.35. The first-order chi connectivity index (χ1) is 18.9. The van der Waals surface area contributed by atoms with E-state index in [4.69, 9.17) is 32.7 Å². The number of halogens is 2. The maximum atomic E-state index is 12.3. The molecule has 0 unspecified atom stereocenters. The van der Waals surface area contributed by atoms with Crippen molar-refractivity contribution < 1.29 is 19.1 Å². The Hall–Kier alpha value is -3.99. The van der Waals surface area contributed by atoms with Gasteiger partial charge in [0.05, 0.1) is 24.3 Å². The van der Waals surface area contributed by atoms with Crippen LogP contribution in [0.4, 0.5) is 5.13 Å². The van der Waals surface area contributed by atoms with Crippen LogP contribution in [0.5, 0.6) is 11.5 Å². The van der Waals surface area contributed by atoms with E-state index < -0.39 is 5.91 Å². The zero-order chi connectivity index (χ0) is 27.6. The van der Waals surface area contributed by atoms with Gasteiger partial charge in [-0.05, 0) is 42.8 Å². The monoisotopic (exact) mass is 583 g/mol. The Kier molecular flexibility index (Phi) is 9.85. The van der Waals surface area contributed by atoms with Gasteiger partial charge in [-0.3, -0.25) is 14.9 Å². The van der Waals surface area contributed by atoms with E-state index in [1.54, 1.807) is 42.5 Å². The molecule has 0 spiro atoms. The first-order valence-electron chi connectivity index (χ1n) is 11.8. The van der Waals surface area contributed by atoms with E-state index in [1.807, 2.05) is 31.2 Å². The minimum absolute atomic E-state index is 0.0595. The summed E-state index contributed by atoms with van der Waals surface area (Å²) < 4.78 is 11.6. The average Bonchev–Trinajstić information content (AvgIpc) is 3.36. The number of anilines is 1. The van der Waals surface area contributed by atoms with Crippen molar-refractivity contribution >= 4 is 57.7 Å². The second kappa shape index (κ2) is 13.7. The van der Waals surface area contributed by atoms with E-state index in [0.717, 1.165) is 16.9 Å². The molecule has 0 aliphatic carbocycles. The fourth-order valence-corrected chi connectivity index (χ4v) is 4.52. The molecule has 9 nitrogen and oxygen atoms in total. The van der Waals surface area contributed by atoms with E-state index >= 15 is 0 Å². The maximum Gasteiger partial charge on any atom is 0.257 e. The van der Waals surface area contributed by atoms with Gasteiger partial charge < -0.3 is 9.47 Å². The Balaban J connectivity index is 1.34. The second-order valence-electron chi connectivity index (χ2n) is 7.93. The summed E-state index contributed by atoms with van der Waals surface area (Å²) in [5.74, 6) is 0.103. The van der Waals surface area contributed by atoms with E-state index in [0.29, 0.717) is 49.4 Å². The normalized spacial score (nSPS) is 10.8. The molecule has 1 heterocycles. The third kappa shape index (κ3) is 8.00. The third-order valence-electron chi connectivity index (χ3n) is 5.10. The lowest BCUT2D eigenvalue weighted by molar-refractivity contribution is -0.120. The van der Waals surface area contributed by atoms with Gasteiger partial charge >= 0.3 is 0 Å². The van der Waals surface area contributed by atoms with Crippen LogP contribution in [0, 0.1) is 0 Å². The molecule has 2 N–H and O–H groups in total. The molecule has 0 saturated heterocycles. The molecular formula is C27H23Cl2N5O4S. The summed E-state index contributed by atoms with van der Waals surface area (Å²) in [6.07, 6.45) is 1.38. The van der Waals surface area contributed by atoms with Crippen molar-refractivity contribution in [1.82, 2.24) is 15.6 Å². The van der Waals surface area contributed by atoms with Crippen LogP contribution in [0.1, 0.15) is 33.4 Å². The van der Waals surface area contributed by atoms with Crippen molar-refractivity contribution in [1.29, 1.82) is 0 Å². The molecule has 0 aliphatic rings. The van der Waals surface area contributed by atoms with Gasteiger partial charge in [0, 0.05) is 16.1 Å². The molecule has 1 aromatic heterocycles. The van der Waals surface area contributed by atoms with Crippen LogP contribution in [-0.4, -0.2) is 34.8 Å². The Morgan fingerprint density at radius 2 is 1.77 bits per heavy atom. The van der Waals surface area contributed by atoms with E-state index in [9.17, 15) is 9.59 Å². The standard InChI is InChI=1S/C27H23Cl2N5O4S/c1-2-37-22-13-17(12-21(29)25(22)38-16-19-10-6-7-11-20(19)28)15-30-32-23(35)14-24-33-34-27(39-24)31-26(36)18-8-4-3-5-9-18/h3-13,15H,2,14,16H2,1H3,(H,32,35)(H,31,34,36). The van der Waals surface area contributed by atoms with E-state index in [-0.39, 0.29) is 18.9 Å². The van der Waals surface area contributed by atoms with Crippen LogP contribution in [0.2, 0.25) is 10.0 Å². The molecule has 200 valence electrons. The molecule has 12 heteroatoms. The van der Waals surface area contributed by atoms with Crippen LogP contribution < -0.4 is 20.2 Å². The third-order valence-corrected chi connectivity index (χ3v) is 6.59. The maximum absolute atomic E-state index is 12.3. The number of nitrogens with zero attached hydrogens (tertiary/aromatic N) is 3. The molecule has 3 aromatic carbocycles. The molecular weight excluding hydrogens is 561 g/mol. The highest BCUT2D eigenvalue weighted by Crippen LogP contribution is 2.37. The lowest BCUT2D eigenvalue weighted by Gasteiger charge is -2.15. The highest BCUT2D eigenvalue weighted by molar-refractivity contribution is 7.15. The van der Waals surface area contributed by atoms with Crippen molar-refractivity contribution in [2.24, 2.45) is 5.10 Å². The topological polar surface area (TPSA) is 115 Å². The van der Waals surface area contributed by atoms with Gasteiger partial charge in [0.25, 0.3) is 5.91 Å². The highest BCUT2D eigenvalue weighted by atomic mass is 35.5. The van der Waals surface area contributed by atoms with Crippen molar-refractivity contribution in [3.63, 3.8) is 0 Å². The predicted molar refractivity (Wildman–Crippen MR) is 152 cm³/mol. The van der Waals surface area contributed by atoms with Gasteiger partial charge in [-0.1, -0.05) is 70.9 Å². The quantitative estimate of drug-likeness (QED) is 0.171. The number of aromatic nitrogens is 2.